The topological polar surface area (TPSA) is 121 Å². The molecule has 0 aliphatic carbocycles. The van der Waals surface area contributed by atoms with Crippen molar-refractivity contribution < 1.29 is 19.2 Å². The molecule has 20 heavy (non-hydrogen) atoms. The SMILES string of the molecule is Cc1[nH]c(C(=O)O)c(C)c1C(=O)NCCc1ncon1. The van der Waals surface area contributed by atoms with Gasteiger partial charge in [-0.05, 0) is 19.4 Å². The number of hydrogen-bond donors (Lipinski definition) is 3. The summed E-state index contributed by atoms with van der Waals surface area (Å²) in [5.74, 6) is -0.914. The highest BCUT2D eigenvalue weighted by Gasteiger charge is 2.21. The predicted octanol–water partition coefficient (Wildman–Crippen LogP) is 0.685. The lowest BCUT2D eigenvalue weighted by molar-refractivity contribution is 0.0690. The monoisotopic (exact) mass is 278 g/mol. The third-order valence-corrected chi connectivity index (χ3v) is 2.92. The zero-order chi connectivity index (χ0) is 14.7. The Kier molecular flexibility index (Phi) is 3.83. The van der Waals surface area contributed by atoms with Crippen molar-refractivity contribution in [3.63, 3.8) is 0 Å². The fourth-order valence-corrected chi connectivity index (χ4v) is 1.98. The third-order valence-electron chi connectivity index (χ3n) is 2.92. The van der Waals surface area contributed by atoms with E-state index in [2.05, 4.69) is 25.0 Å². The molecule has 2 heterocycles. The molecular weight excluding hydrogens is 264 g/mol. The smallest absolute Gasteiger partial charge is 0.352 e. The second kappa shape index (κ2) is 5.55. The Bertz CT molecular complexity index is 630. The van der Waals surface area contributed by atoms with Gasteiger partial charge in [0.2, 0.25) is 6.39 Å². The van der Waals surface area contributed by atoms with E-state index in [-0.39, 0.29) is 11.6 Å². The van der Waals surface area contributed by atoms with Crippen LogP contribution in [0.5, 0.6) is 0 Å². The minimum Gasteiger partial charge on any atom is -0.477 e. The van der Waals surface area contributed by atoms with Crippen molar-refractivity contribution in [1.29, 1.82) is 0 Å². The van der Waals surface area contributed by atoms with Gasteiger partial charge in [0, 0.05) is 18.7 Å². The van der Waals surface area contributed by atoms with Gasteiger partial charge in [-0.2, -0.15) is 4.98 Å². The number of nitrogens with zero attached hydrogens (tertiary/aromatic N) is 2. The molecule has 0 unspecified atom stereocenters. The molecule has 0 spiro atoms. The molecule has 0 aromatic carbocycles. The van der Waals surface area contributed by atoms with Crippen LogP contribution in [0.4, 0.5) is 0 Å². The molecule has 0 aliphatic rings. The highest BCUT2D eigenvalue weighted by molar-refractivity contribution is 6.00. The van der Waals surface area contributed by atoms with Crippen molar-refractivity contribution >= 4 is 11.9 Å². The maximum absolute atomic E-state index is 12.1. The third kappa shape index (κ3) is 2.68. The van der Waals surface area contributed by atoms with Gasteiger partial charge in [-0.25, -0.2) is 4.79 Å². The number of H-pyrrole nitrogens is 1. The van der Waals surface area contributed by atoms with Crippen LogP contribution in [0.3, 0.4) is 0 Å². The highest BCUT2D eigenvalue weighted by Crippen LogP contribution is 2.17. The first kappa shape index (κ1) is 13.8. The second-order valence-electron chi connectivity index (χ2n) is 4.28. The van der Waals surface area contributed by atoms with Gasteiger partial charge in [-0.1, -0.05) is 5.16 Å². The van der Waals surface area contributed by atoms with Crippen molar-refractivity contribution in [3.05, 3.63) is 34.7 Å². The highest BCUT2D eigenvalue weighted by atomic mass is 16.5. The van der Waals surface area contributed by atoms with Crippen molar-refractivity contribution in [2.24, 2.45) is 0 Å². The van der Waals surface area contributed by atoms with E-state index in [0.29, 0.717) is 35.6 Å². The van der Waals surface area contributed by atoms with E-state index in [1.165, 1.54) is 6.39 Å². The molecule has 1 amide bonds. The molecule has 0 bridgehead atoms. The molecular formula is C12H14N4O4. The zero-order valence-electron chi connectivity index (χ0n) is 11.1. The van der Waals surface area contributed by atoms with Gasteiger partial charge in [0.25, 0.3) is 5.91 Å². The first-order valence-corrected chi connectivity index (χ1v) is 5.96. The number of rotatable bonds is 5. The Labute approximate surface area is 114 Å². The number of nitrogens with one attached hydrogen (secondary N) is 2. The lowest BCUT2D eigenvalue weighted by Crippen LogP contribution is -2.26. The van der Waals surface area contributed by atoms with Crippen LogP contribution in [0.25, 0.3) is 0 Å². The number of aromatic carboxylic acids is 1. The fourth-order valence-electron chi connectivity index (χ4n) is 1.98. The second-order valence-corrected chi connectivity index (χ2v) is 4.28. The van der Waals surface area contributed by atoms with Crippen LogP contribution in [0, 0.1) is 13.8 Å². The largest absolute Gasteiger partial charge is 0.477 e. The molecule has 0 aliphatic heterocycles. The molecule has 3 N–H and O–H groups in total. The maximum Gasteiger partial charge on any atom is 0.352 e. The Morgan fingerprint density at radius 2 is 2.20 bits per heavy atom. The minimum atomic E-state index is -1.09. The average molecular weight is 278 g/mol. The molecule has 8 nitrogen and oxygen atoms in total. The summed E-state index contributed by atoms with van der Waals surface area (Å²) in [6.07, 6.45) is 1.66. The summed E-state index contributed by atoms with van der Waals surface area (Å²) >= 11 is 0. The predicted molar refractivity (Wildman–Crippen MR) is 67.6 cm³/mol. The minimum absolute atomic E-state index is 0.0332. The van der Waals surface area contributed by atoms with Gasteiger partial charge in [-0.15, -0.1) is 0 Å². The fraction of sp³-hybridized carbons (Fsp3) is 0.333. The molecule has 0 fully saturated rings. The van der Waals surface area contributed by atoms with Gasteiger partial charge in [0.05, 0.1) is 5.56 Å². The van der Waals surface area contributed by atoms with E-state index in [1.54, 1.807) is 13.8 Å². The van der Waals surface area contributed by atoms with Crippen molar-refractivity contribution in [2.45, 2.75) is 20.3 Å². The number of hydrogen-bond acceptors (Lipinski definition) is 5. The zero-order valence-corrected chi connectivity index (χ0v) is 11.1. The number of amides is 1. The molecule has 2 aromatic heterocycles. The summed E-state index contributed by atoms with van der Waals surface area (Å²) in [5, 5.41) is 15.3. The number of aryl methyl sites for hydroxylation is 1. The summed E-state index contributed by atoms with van der Waals surface area (Å²) in [7, 11) is 0. The van der Waals surface area contributed by atoms with Gasteiger partial charge < -0.3 is 19.9 Å². The van der Waals surface area contributed by atoms with Crippen LogP contribution < -0.4 is 5.32 Å². The number of carboxylic acid groups (broad SMARTS) is 1. The van der Waals surface area contributed by atoms with Crippen LogP contribution in [-0.2, 0) is 6.42 Å². The molecule has 0 radical (unpaired) electrons. The van der Waals surface area contributed by atoms with E-state index in [9.17, 15) is 9.59 Å². The lowest BCUT2D eigenvalue weighted by atomic mass is 10.1. The van der Waals surface area contributed by atoms with Crippen LogP contribution >= 0.6 is 0 Å². The summed E-state index contributed by atoms with van der Waals surface area (Å²) in [5.41, 5.74) is 1.34. The van der Waals surface area contributed by atoms with Crippen LogP contribution in [0.1, 0.15) is 37.9 Å². The molecule has 0 saturated carbocycles. The molecule has 8 heteroatoms. The molecule has 0 saturated heterocycles. The van der Waals surface area contributed by atoms with E-state index in [1.807, 2.05) is 0 Å². The number of aromatic nitrogens is 3. The summed E-state index contributed by atoms with van der Waals surface area (Å²) in [6.45, 7) is 3.60. The normalized spacial score (nSPS) is 10.5. The molecule has 0 atom stereocenters. The van der Waals surface area contributed by atoms with E-state index in [4.69, 9.17) is 5.11 Å². The van der Waals surface area contributed by atoms with Gasteiger partial charge in [-0.3, -0.25) is 4.79 Å². The number of aromatic amines is 1. The quantitative estimate of drug-likeness (QED) is 0.739. The summed E-state index contributed by atoms with van der Waals surface area (Å²) in [6, 6.07) is 0. The van der Waals surface area contributed by atoms with E-state index < -0.39 is 5.97 Å². The van der Waals surface area contributed by atoms with Crippen LogP contribution in [0.15, 0.2) is 10.9 Å². The van der Waals surface area contributed by atoms with Crippen molar-refractivity contribution in [2.75, 3.05) is 6.54 Å². The standard InChI is InChI=1S/C12H14N4O4/c1-6-9(7(2)15-10(6)12(18)19)11(17)13-4-3-8-14-5-20-16-8/h5,15H,3-4H2,1-2H3,(H,13,17)(H,18,19). The van der Waals surface area contributed by atoms with Gasteiger partial charge >= 0.3 is 5.97 Å². The summed E-state index contributed by atoms with van der Waals surface area (Å²) < 4.78 is 4.58. The first-order valence-electron chi connectivity index (χ1n) is 5.96. The van der Waals surface area contributed by atoms with Crippen molar-refractivity contribution in [1.82, 2.24) is 20.4 Å². The Morgan fingerprint density at radius 1 is 1.45 bits per heavy atom. The van der Waals surface area contributed by atoms with E-state index in [0.717, 1.165) is 0 Å². The maximum atomic E-state index is 12.1. The number of carboxylic acids is 1. The van der Waals surface area contributed by atoms with Gasteiger partial charge in [0.1, 0.15) is 5.69 Å². The Hall–Kier alpha value is -2.64. The average Bonchev–Trinajstić information content (AvgIpc) is 2.97. The van der Waals surface area contributed by atoms with Crippen LogP contribution in [0.2, 0.25) is 0 Å². The molecule has 2 rings (SSSR count). The van der Waals surface area contributed by atoms with Crippen molar-refractivity contribution in [3.8, 4) is 0 Å². The molecule has 2 aromatic rings. The number of carbonyl (C=O) groups is 2. The van der Waals surface area contributed by atoms with Crippen LogP contribution in [-0.4, -0.2) is 38.7 Å². The molecule has 106 valence electrons. The lowest BCUT2D eigenvalue weighted by Gasteiger charge is -2.04. The first-order chi connectivity index (χ1) is 9.50. The van der Waals surface area contributed by atoms with Gasteiger partial charge in [0.15, 0.2) is 5.82 Å². The van der Waals surface area contributed by atoms with E-state index >= 15 is 0 Å². The Balaban J connectivity index is 2.04. The summed E-state index contributed by atoms with van der Waals surface area (Å²) in [4.78, 5) is 29.6. The Morgan fingerprint density at radius 3 is 2.75 bits per heavy atom. The number of carbonyl (C=O) groups excluding carboxylic acids is 1.